The molecule has 2 N–H and O–H groups in total. The second-order valence-electron chi connectivity index (χ2n) is 4.94. The number of aliphatic hydroxyl groups excluding tert-OH is 1. The molecule has 0 saturated carbocycles. The normalized spacial score (nSPS) is 21.0. The minimum atomic E-state index is -0.565. The Hall–Kier alpha value is -1.62. The number of hydrogen-bond donors (Lipinski definition) is 2. The van der Waals surface area contributed by atoms with Gasteiger partial charge in [0.15, 0.2) is 0 Å². The first-order valence-electron chi connectivity index (χ1n) is 6.75. The summed E-state index contributed by atoms with van der Waals surface area (Å²) in [4.78, 5) is 18.3. The summed E-state index contributed by atoms with van der Waals surface area (Å²) >= 11 is 0. The Morgan fingerprint density at radius 2 is 2.32 bits per heavy atom. The fraction of sp³-hybridized carbons (Fsp3) is 0.571. The third kappa shape index (κ3) is 3.04. The lowest BCUT2D eigenvalue weighted by molar-refractivity contribution is -0.122. The van der Waals surface area contributed by atoms with Crippen LogP contribution in [0.4, 0.5) is 5.69 Å². The van der Waals surface area contributed by atoms with Crippen LogP contribution in [-0.2, 0) is 4.79 Å². The van der Waals surface area contributed by atoms with Crippen LogP contribution in [0.1, 0.15) is 38.0 Å². The molecule has 2 unspecified atom stereocenters. The zero-order chi connectivity index (χ0) is 13.8. The minimum absolute atomic E-state index is 0.0549. The molecule has 0 aliphatic carbocycles. The van der Waals surface area contributed by atoms with E-state index in [1.807, 2.05) is 12.1 Å². The number of aliphatic hydroxyl groups is 1. The topological polar surface area (TPSA) is 65.5 Å². The van der Waals surface area contributed by atoms with E-state index in [9.17, 15) is 9.90 Å². The van der Waals surface area contributed by atoms with E-state index in [1.54, 1.807) is 20.2 Å². The van der Waals surface area contributed by atoms with Gasteiger partial charge in [-0.3, -0.25) is 9.78 Å². The van der Waals surface area contributed by atoms with Crippen LogP contribution in [0.3, 0.4) is 0 Å². The minimum Gasteiger partial charge on any atom is -0.387 e. The highest BCUT2D eigenvalue weighted by Gasteiger charge is 2.28. The maximum absolute atomic E-state index is 11.9. The Morgan fingerprint density at radius 1 is 1.53 bits per heavy atom. The van der Waals surface area contributed by atoms with E-state index in [0.29, 0.717) is 5.69 Å². The van der Waals surface area contributed by atoms with Crippen LogP contribution in [0.2, 0.25) is 0 Å². The first kappa shape index (κ1) is 13.8. The van der Waals surface area contributed by atoms with E-state index in [1.165, 1.54) is 0 Å². The number of hydrogen-bond acceptors (Lipinski definition) is 4. The van der Waals surface area contributed by atoms with E-state index in [2.05, 4.69) is 15.2 Å². The highest BCUT2D eigenvalue weighted by molar-refractivity contribution is 5.85. The van der Waals surface area contributed by atoms with Gasteiger partial charge in [-0.25, -0.2) is 0 Å². The molecule has 5 heteroatoms. The standard InChI is InChI=1S/C14H21N3O2/c1-10(18)12-7-6-11(9-16-12)17-8-4-3-5-13(17)14(19)15-2/h6-7,9-10,13,18H,3-5,8H2,1-2H3,(H,15,19). The van der Waals surface area contributed by atoms with Gasteiger partial charge in [-0.05, 0) is 38.3 Å². The number of anilines is 1. The third-order valence-electron chi connectivity index (χ3n) is 3.58. The predicted octanol–water partition coefficient (Wildman–Crippen LogP) is 1.24. The van der Waals surface area contributed by atoms with Crippen molar-refractivity contribution in [3.05, 3.63) is 24.0 Å². The number of carbonyl (C=O) groups excluding carboxylic acids is 1. The fourth-order valence-electron chi connectivity index (χ4n) is 2.49. The number of nitrogens with zero attached hydrogens (tertiary/aromatic N) is 2. The maximum Gasteiger partial charge on any atom is 0.242 e. The molecule has 0 spiro atoms. The van der Waals surface area contributed by atoms with E-state index >= 15 is 0 Å². The van der Waals surface area contributed by atoms with E-state index in [-0.39, 0.29) is 11.9 Å². The van der Waals surface area contributed by atoms with Gasteiger partial charge in [0.1, 0.15) is 6.04 Å². The molecule has 5 nitrogen and oxygen atoms in total. The molecule has 2 rings (SSSR count). The van der Waals surface area contributed by atoms with Crippen molar-refractivity contribution in [1.29, 1.82) is 0 Å². The number of piperidine rings is 1. The molecular formula is C14H21N3O2. The van der Waals surface area contributed by atoms with Crippen LogP contribution in [0, 0.1) is 0 Å². The number of nitrogens with one attached hydrogen (secondary N) is 1. The smallest absolute Gasteiger partial charge is 0.242 e. The van der Waals surface area contributed by atoms with Gasteiger partial charge >= 0.3 is 0 Å². The van der Waals surface area contributed by atoms with Gasteiger partial charge in [-0.15, -0.1) is 0 Å². The highest BCUT2D eigenvalue weighted by Crippen LogP contribution is 2.25. The SMILES string of the molecule is CNC(=O)C1CCCCN1c1ccc(C(C)O)nc1. The summed E-state index contributed by atoms with van der Waals surface area (Å²) in [6.45, 7) is 2.56. The summed E-state index contributed by atoms with van der Waals surface area (Å²) in [5.74, 6) is 0.0549. The summed E-state index contributed by atoms with van der Waals surface area (Å²) in [5, 5.41) is 12.2. The van der Waals surface area contributed by atoms with Crippen LogP contribution in [0.15, 0.2) is 18.3 Å². The van der Waals surface area contributed by atoms with E-state index in [0.717, 1.165) is 31.5 Å². The van der Waals surface area contributed by atoms with Crippen molar-refractivity contribution in [3.63, 3.8) is 0 Å². The predicted molar refractivity (Wildman–Crippen MR) is 73.9 cm³/mol. The molecule has 1 fully saturated rings. The Labute approximate surface area is 113 Å². The molecule has 19 heavy (non-hydrogen) atoms. The number of likely N-dealkylation sites (N-methyl/N-ethyl adjacent to an activating group) is 1. The Bertz CT molecular complexity index is 431. The summed E-state index contributed by atoms with van der Waals surface area (Å²) in [6.07, 6.45) is 4.21. The molecule has 1 aliphatic heterocycles. The molecule has 1 saturated heterocycles. The van der Waals surface area contributed by atoms with E-state index < -0.39 is 6.10 Å². The molecule has 2 heterocycles. The number of pyridine rings is 1. The second kappa shape index (κ2) is 6.02. The highest BCUT2D eigenvalue weighted by atomic mass is 16.3. The van der Waals surface area contributed by atoms with Crippen molar-refractivity contribution in [3.8, 4) is 0 Å². The van der Waals surface area contributed by atoms with Crippen molar-refractivity contribution < 1.29 is 9.90 Å². The van der Waals surface area contributed by atoms with Gasteiger partial charge < -0.3 is 15.3 Å². The van der Waals surface area contributed by atoms with Crippen molar-refractivity contribution >= 4 is 11.6 Å². The van der Waals surface area contributed by atoms with Crippen LogP contribution >= 0.6 is 0 Å². The molecular weight excluding hydrogens is 242 g/mol. The van der Waals surface area contributed by atoms with Gasteiger partial charge in [0.25, 0.3) is 0 Å². The fourth-order valence-corrected chi connectivity index (χ4v) is 2.49. The van der Waals surface area contributed by atoms with E-state index in [4.69, 9.17) is 0 Å². The summed E-state index contributed by atoms with van der Waals surface area (Å²) in [6, 6.07) is 3.63. The van der Waals surface area contributed by atoms with Gasteiger partial charge in [0, 0.05) is 13.6 Å². The molecule has 0 aromatic carbocycles. The van der Waals surface area contributed by atoms with Crippen molar-refractivity contribution in [2.45, 2.75) is 38.3 Å². The molecule has 1 amide bonds. The Balaban J connectivity index is 2.19. The maximum atomic E-state index is 11.9. The lowest BCUT2D eigenvalue weighted by Crippen LogP contribution is -2.48. The monoisotopic (exact) mass is 263 g/mol. The number of amides is 1. The quantitative estimate of drug-likeness (QED) is 0.861. The molecule has 1 aliphatic rings. The molecule has 2 atom stereocenters. The first-order valence-corrected chi connectivity index (χ1v) is 6.75. The molecule has 1 aromatic rings. The Kier molecular flexibility index (Phi) is 4.37. The van der Waals surface area contributed by atoms with Gasteiger partial charge in [0.2, 0.25) is 5.91 Å². The van der Waals surface area contributed by atoms with Gasteiger partial charge in [0.05, 0.1) is 23.7 Å². The second-order valence-corrected chi connectivity index (χ2v) is 4.94. The van der Waals surface area contributed by atoms with Gasteiger partial charge in [-0.2, -0.15) is 0 Å². The number of rotatable bonds is 3. The average Bonchev–Trinajstić information content (AvgIpc) is 2.46. The summed E-state index contributed by atoms with van der Waals surface area (Å²) in [5.41, 5.74) is 1.59. The largest absolute Gasteiger partial charge is 0.387 e. The van der Waals surface area contributed by atoms with Crippen molar-refractivity contribution in [1.82, 2.24) is 10.3 Å². The van der Waals surface area contributed by atoms with Gasteiger partial charge in [-0.1, -0.05) is 0 Å². The van der Waals surface area contributed by atoms with Crippen LogP contribution in [-0.4, -0.2) is 35.6 Å². The van der Waals surface area contributed by atoms with Crippen LogP contribution in [0.5, 0.6) is 0 Å². The van der Waals surface area contributed by atoms with Crippen LogP contribution in [0.25, 0.3) is 0 Å². The lowest BCUT2D eigenvalue weighted by atomic mass is 10.0. The summed E-state index contributed by atoms with van der Waals surface area (Å²) in [7, 11) is 1.67. The van der Waals surface area contributed by atoms with Crippen LogP contribution < -0.4 is 10.2 Å². The third-order valence-corrected chi connectivity index (χ3v) is 3.58. The first-order chi connectivity index (χ1) is 9.13. The average molecular weight is 263 g/mol. The number of aromatic nitrogens is 1. The zero-order valence-electron chi connectivity index (χ0n) is 11.5. The molecule has 1 aromatic heterocycles. The summed E-state index contributed by atoms with van der Waals surface area (Å²) < 4.78 is 0. The molecule has 104 valence electrons. The number of carbonyl (C=O) groups is 1. The van der Waals surface area contributed by atoms with Crippen molar-refractivity contribution in [2.75, 3.05) is 18.5 Å². The molecule has 0 radical (unpaired) electrons. The van der Waals surface area contributed by atoms with Crippen molar-refractivity contribution in [2.24, 2.45) is 0 Å². The molecule has 0 bridgehead atoms. The zero-order valence-corrected chi connectivity index (χ0v) is 11.5. The lowest BCUT2D eigenvalue weighted by Gasteiger charge is -2.36. The Morgan fingerprint density at radius 3 is 2.89 bits per heavy atom.